The predicted octanol–water partition coefficient (Wildman–Crippen LogP) is 2.22. The summed E-state index contributed by atoms with van der Waals surface area (Å²) in [5, 5.41) is 4.78. The van der Waals surface area contributed by atoms with Crippen LogP contribution in [0.3, 0.4) is 0 Å². The molecule has 154 valence electrons. The summed E-state index contributed by atoms with van der Waals surface area (Å²) in [6, 6.07) is 42.3. The Labute approximate surface area is 219 Å². The van der Waals surface area contributed by atoms with Gasteiger partial charge in [-0.25, -0.2) is 8.80 Å². The Kier molecular flexibility index (Phi) is 8.92. The first-order chi connectivity index (χ1) is 15.0. The van der Waals surface area contributed by atoms with E-state index in [2.05, 4.69) is 136 Å². The normalized spacial score (nSPS) is 11.1. The predicted molar refractivity (Wildman–Crippen MR) is 138 cm³/mol. The van der Waals surface area contributed by atoms with Crippen molar-refractivity contribution in [3.63, 3.8) is 0 Å². The SMILES string of the molecule is CC(C)(C)[Si-](c1ccccc1)c1ccccc1[Si]C(c1ccccc1)c1ccccc1.[Na+]. The average molecular weight is 457 g/mol. The molecule has 3 heteroatoms. The van der Waals surface area contributed by atoms with Gasteiger partial charge in [0.1, 0.15) is 0 Å². The van der Waals surface area contributed by atoms with Gasteiger partial charge in [0.25, 0.3) is 0 Å². The zero-order chi connectivity index (χ0) is 21.7. The van der Waals surface area contributed by atoms with E-state index in [0.29, 0.717) is 15.1 Å². The second kappa shape index (κ2) is 11.4. The summed E-state index contributed by atoms with van der Waals surface area (Å²) in [5.41, 5.74) is 3.17. The summed E-state index contributed by atoms with van der Waals surface area (Å²) in [6.45, 7) is 7.21. The average Bonchev–Trinajstić information content (AvgIpc) is 2.79. The van der Waals surface area contributed by atoms with Crippen molar-refractivity contribution >= 4 is 33.9 Å². The minimum atomic E-state index is -0.946. The Morgan fingerprint density at radius 1 is 0.594 bits per heavy atom. The molecule has 0 saturated heterocycles. The third-order valence-corrected chi connectivity index (χ3v) is 10.9. The maximum Gasteiger partial charge on any atom is 1.00 e. The fraction of sp³-hybridized carbons (Fsp3) is 0.172. The van der Waals surface area contributed by atoms with E-state index in [9.17, 15) is 0 Å². The molecule has 2 radical (unpaired) electrons. The van der Waals surface area contributed by atoms with Crippen molar-refractivity contribution in [2.45, 2.75) is 31.4 Å². The Morgan fingerprint density at radius 2 is 1.03 bits per heavy atom. The monoisotopic (exact) mass is 456 g/mol. The van der Waals surface area contributed by atoms with Gasteiger partial charge in [-0.2, -0.15) is 10.4 Å². The van der Waals surface area contributed by atoms with E-state index in [-0.39, 0.29) is 34.6 Å². The summed E-state index contributed by atoms with van der Waals surface area (Å²) in [4.78, 5) is 0. The maximum absolute atomic E-state index is 2.40. The molecular weight excluding hydrogens is 427 g/mol. The van der Waals surface area contributed by atoms with Crippen LogP contribution >= 0.6 is 0 Å². The molecule has 0 atom stereocenters. The fourth-order valence-electron chi connectivity index (χ4n) is 4.23. The molecule has 32 heavy (non-hydrogen) atoms. The van der Waals surface area contributed by atoms with Crippen LogP contribution in [0.1, 0.15) is 37.4 Å². The molecular formula is C29H29NaSi2. The molecule has 0 N–H and O–H groups in total. The molecule has 0 saturated carbocycles. The first-order valence-electron chi connectivity index (χ1n) is 10.9. The zero-order valence-corrected chi connectivity index (χ0v) is 23.5. The van der Waals surface area contributed by atoms with Gasteiger partial charge in [-0.3, -0.25) is 0 Å². The van der Waals surface area contributed by atoms with Crippen LogP contribution in [0.4, 0.5) is 0 Å². The first kappa shape index (κ1) is 24.9. The van der Waals surface area contributed by atoms with Crippen molar-refractivity contribution in [3.05, 3.63) is 126 Å². The van der Waals surface area contributed by atoms with Gasteiger partial charge in [-0.1, -0.05) is 141 Å². The Hall–Kier alpha value is -1.69. The van der Waals surface area contributed by atoms with Crippen LogP contribution in [0, 0.1) is 0 Å². The number of hydrogen-bond acceptors (Lipinski definition) is 0. The van der Waals surface area contributed by atoms with Crippen LogP contribution in [0.5, 0.6) is 0 Å². The van der Waals surface area contributed by atoms with Gasteiger partial charge in [-0.05, 0) is 11.1 Å². The second-order valence-electron chi connectivity index (χ2n) is 8.94. The van der Waals surface area contributed by atoms with Gasteiger partial charge in [0.2, 0.25) is 0 Å². The molecule has 0 aliphatic heterocycles. The topological polar surface area (TPSA) is 0 Å². The van der Waals surface area contributed by atoms with E-state index in [0.717, 1.165) is 0 Å². The van der Waals surface area contributed by atoms with E-state index in [1.54, 1.807) is 5.19 Å². The van der Waals surface area contributed by atoms with Gasteiger partial charge in [0, 0.05) is 5.54 Å². The van der Waals surface area contributed by atoms with Crippen molar-refractivity contribution in [2.75, 3.05) is 0 Å². The van der Waals surface area contributed by atoms with Crippen LogP contribution in [0.25, 0.3) is 0 Å². The summed E-state index contributed by atoms with van der Waals surface area (Å²) < 4.78 is 0. The number of hydrogen-bond donors (Lipinski definition) is 0. The third-order valence-electron chi connectivity index (χ3n) is 5.57. The van der Waals surface area contributed by atoms with E-state index < -0.39 is 8.80 Å². The Bertz CT molecular complexity index is 1050. The molecule has 0 amide bonds. The van der Waals surface area contributed by atoms with Crippen LogP contribution in [-0.4, -0.2) is 18.3 Å². The largest absolute Gasteiger partial charge is 1.00 e. The van der Waals surface area contributed by atoms with Crippen molar-refractivity contribution in [1.82, 2.24) is 0 Å². The van der Waals surface area contributed by atoms with Crippen LogP contribution in [0.2, 0.25) is 5.04 Å². The molecule has 0 heterocycles. The van der Waals surface area contributed by atoms with Crippen molar-refractivity contribution < 1.29 is 29.6 Å². The zero-order valence-electron chi connectivity index (χ0n) is 19.5. The van der Waals surface area contributed by atoms with E-state index >= 15 is 0 Å². The van der Waals surface area contributed by atoms with Gasteiger partial charge < -0.3 is 0 Å². The van der Waals surface area contributed by atoms with Crippen LogP contribution < -0.4 is 45.1 Å². The summed E-state index contributed by atoms with van der Waals surface area (Å²) in [7, 11) is -0.254. The second-order valence-corrected chi connectivity index (χ2v) is 13.7. The van der Waals surface area contributed by atoms with Crippen molar-refractivity contribution in [3.8, 4) is 0 Å². The molecule has 0 aliphatic carbocycles. The molecule has 0 bridgehead atoms. The van der Waals surface area contributed by atoms with Gasteiger partial charge in [0.05, 0.1) is 9.52 Å². The van der Waals surface area contributed by atoms with Crippen molar-refractivity contribution in [1.29, 1.82) is 0 Å². The van der Waals surface area contributed by atoms with E-state index in [1.165, 1.54) is 21.5 Å². The van der Waals surface area contributed by atoms with Gasteiger partial charge in [-0.15, -0.1) is 5.04 Å². The minimum Gasteiger partial charge on any atom is -0.245 e. The Morgan fingerprint density at radius 3 is 1.53 bits per heavy atom. The molecule has 0 spiro atoms. The molecule has 0 unspecified atom stereocenters. The van der Waals surface area contributed by atoms with Crippen molar-refractivity contribution in [2.24, 2.45) is 0 Å². The fourth-order valence-corrected chi connectivity index (χ4v) is 9.41. The number of rotatable bonds is 6. The van der Waals surface area contributed by atoms with Gasteiger partial charge in [0.15, 0.2) is 0 Å². The standard InChI is InChI=1S/C29H29Si2.Na/c1-29(2,3)31(25-19-11-6-12-20-25)27-22-14-13-21-26(27)30-28(23-15-7-4-8-16-23)24-17-9-5-10-18-24;/h4-22,28H,1-3H3;/q-1;+1. The molecule has 0 aromatic heterocycles. The molecule has 0 aliphatic rings. The summed E-state index contributed by atoms with van der Waals surface area (Å²) >= 11 is 0. The quantitative estimate of drug-likeness (QED) is 0.390. The number of benzene rings is 4. The molecule has 0 fully saturated rings. The molecule has 4 aromatic rings. The smallest absolute Gasteiger partial charge is 0.245 e. The molecule has 0 nitrogen and oxygen atoms in total. The van der Waals surface area contributed by atoms with Crippen LogP contribution in [0.15, 0.2) is 115 Å². The first-order valence-corrected chi connectivity index (χ1v) is 13.5. The Balaban J connectivity index is 0.00000289. The summed E-state index contributed by atoms with van der Waals surface area (Å²) in [6.07, 6.45) is 0. The maximum atomic E-state index is 2.40. The van der Waals surface area contributed by atoms with Crippen LogP contribution in [-0.2, 0) is 0 Å². The van der Waals surface area contributed by atoms with E-state index in [1.807, 2.05) is 0 Å². The summed E-state index contributed by atoms with van der Waals surface area (Å²) in [5.74, 6) is 0. The van der Waals surface area contributed by atoms with E-state index in [4.69, 9.17) is 0 Å². The third kappa shape index (κ3) is 6.00. The van der Waals surface area contributed by atoms with Gasteiger partial charge >= 0.3 is 29.6 Å². The molecule has 4 rings (SSSR count). The molecule has 4 aromatic carbocycles. The minimum absolute atomic E-state index is 0.